The Labute approximate surface area is 127 Å². The van der Waals surface area contributed by atoms with Crippen molar-refractivity contribution in [3.63, 3.8) is 0 Å². The molecule has 7 nitrogen and oxygen atoms in total. The number of nitrogens with zero attached hydrogens (tertiary/aromatic N) is 1. The highest BCUT2D eigenvalue weighted by atomic mass is 32.2. The topological polar surface area (TPSA) is 101 Å². The van der Waals surface area contributed by atoms with E-state index in [2.05, 4.69) is 4.98 Å². The van der Waals surface area contributed by atoms with E-state index in [0.717, 1.165) is 12.3 Å². The van der Waals surface area contributed by atoms with Crippen LogP contribution in [0.25, 0.3) is 10.9 Å². The maximum absolute atomic E-state index is 13.0. The van der Waals surface area contributed by atoms with Gasteiger partial charge in [0.2, 0.25) is 10.0 Å². The Morgan fingerprint density at radius 3 is 2.35 bits per heavy atom. The molecule has 2 aromatic rings. The van der Waals surface area contributed by atoms with Gasteiger partial charge in [-0.25, -0.2) is 18.0 Å². The molecule has 126 valence electrons. The number of hydrogen-bond acceptors (Lipinski definition) is 4. The van der Waals surface area contributed by atoms with Crippen LogP contribution in [0.1, 0.15) is 18.1 Å². The largest absolute Gasteiger partial charge is 0.416 e. The molecule has 0 aliphatic heterocycles. The van der Waals surface area contributed by atoms with E-state index < -0.39 is 33.0 Å². The maximum atomic E-state index is 13.0. The lowest BCUT2D eigenvalue weighted by Gasteiger charge is -2.14. The van der Waals surface area contributed by atoms with E-state index in [1.807, 2.05) is 0 Å². The molecule has 0 atom stereocenters. The second-order valence-electron chi connectivity index (χ2n) is 4.84. The molecule has 0 spiro atoms. The van der Waals surface area contributed by atoms with E-state index in [4.69, 9.17) is 0 Å². The van der Waals surface area contributed by atoms with E-state index in [1.165, 1.54) is 6.92 Å². The molecular weight excluding hydrogens is 339 g/mol. The van der Waals surface area contributed by atoms with E-state index >= 15 is 0 Å². The number of aromatic nitrogens is 2. The Kier molecular flexibility index (Phi) is 4.01. The first-order valence-electron chi connectivity index (χ1n) is 6.31. The fraction of sp³-hybridized carbons (Fsp3) is 0.333. The maximum Gasteiger partial charge on any atom is 0.416 e. The highest BCUT2D eigenvalue weighted by molar-refractivity contribution is 7.91. The van der Waals surface area contributed by atoms with Gasteiger partial charge < -0.3 is 4.98 Å². The van der Waals surface area contributed by atoms with E-state index in [-0.39, 0.29) is 27.6 Å². The van der Waals surface area contributed by atoms with Crippen LogP contribution in [0, 0.1) is 0 Å². The van der Waals surface area contributed by atoms with Crippen LogP contribution in [0.4, 0.5) is 13.2 Å². The zero-order chi connectivity index (χ0) is 17.6. The van der Waals surface area contributed by atoms with Crippen molar-refractivity contribution in [1.82, 2.24) is 9.66 Å². The van der Waals surface area contributed by atoms with Gasteiger partial charge >= 0.3 is 11.9 Å². The third-order valence-corrected chi connectivity index (χ3v) is 3.58. The van der Waals surface area contributed by atoms with Crippen LogP contribution in [0.3, 0.4) is 0 Å². The van der Waals surface area contributed by atoms with Crippen molar-refractivity contribution in [2.24, 2.45) is 0 Å². The number of sulfonamides is 1. The van der Waals surface area contributed by atoms with Crippen molar-refractivity contribution in [2.75, 3.05) is 11.1 Å². The molecule has 2 rings (SSSR count). The van der Waals surface area contributed by atoms with Crippen molar-refractivity contribution in [2.45, 2.75) is 19.5 Å². The highest BCUT2D eigenvalue weighted by Crippen LogP contribution is 2.33. The smallest absolute Gasteiger partial charge is 0.305 e. The van der Waals surface area contributed by atoms with Gasteiger partial charge in [0.25, 0.3) is 5.56 Å². The van der Waals surface area contributed by atoms with Gasteiger partial charge in [-0.3, -0.25) is 4.79 Å². The molecule has 0 saturated heterocycles. The summed E-state index contributed by atoms with van der Waals surface area (Å²) in [6.45, 7) is 1.48. The summed E-state index contributed by atoms with van der Waals surface area (Å²) in [6, 6.07) is 1.67. The van der Waals surface area contributed by atoms with Crippen LogP contribution < -0.4 is 16.1 Å². The minimum atomic E-state index is -4.64. The summed E-state index contributed by atoms with van der Waals surface area (Å²) >= 11 is 0. The second-order valence-corrected chi connectivity index (χ2v) is 6.57. The monoisotopic (exact) mass is 351 g/mol. The molecule has 11 heteroatoms. The summed E-state index contributed by atoms with van der Waals surface area (Å²) in [7, 11) is -3.92. The van der Waals surface area contributed by atoms with Crippen molar-refractivity contribution < 1.29 is 21.6 Å². The van der Waals surface area contributed by atoms with Crippen LogP contribution >= 0.6 is 0 Å². The number of benzene rings is 1. The molecule has 1 heterocycles. The fourth-order valence-electron chi connectivity index (χ4n) is 2.11. The van der Waals surface area contributed by atoms with Gasteiger partial charge in [-0.1, -0.05) is 6.92 Å². The molecule has 0 radical (unpaired) electrons. The first-order valence-corrected chi connectivity index (χ1v) is 8.20. The van der Waals surface area contributed by atoms with Gasteiger partial charge in [-0.05, 0) is 24.1 Å². The average Bonchev–Trinajstić information content (AvgIpc) is 2.40. The summed E-state index contributed by atoms with van der Waals surface area (Å²) in [5.41, 5.74) is -3.67. The summed E-state index contributed by atoms with van der Waals surface area (Å²) in [6.07, 6.45) is -3.91. The standard InChI is InChI=1S/C12H12F3N3O4S/c1-3-6-4-7-9(5-8(6)12(13,14)15)16-11(20)18(10(7)19)17-23(2,21)22/h4-5,17H,3H2,1-2H3,(H,16,20). The molecule has 2 N–H and O–H groups in total. The van der Waals surface area contributed by atoms with Gasteiger partial charge in [0.15, 0.2) is 0 Å². The number of halogens is 3. The molecule has 0 fully saturated rings. The number of aryl methyl sites for hydroxylation is 1. The fourth-order valence-corrected chi connectivity index (χ4v) is 2.61. The summed E-state index contributed by atoms with van der Waals surface area (Å²) in [4.78, 5) is 27.7. The lowest BCUT2D eigenvalue weighted by molar-refractivity contribution is -0.138. The van der Waals surface area contributed by atoms with E-state index in [1.54, 1.807) is 4.83 Å². The van der Waals surface area contributed by atoms with E-state index in [0.29, 0.717) is 6.07 Å². The molecule has 0 amide bonds. The number of rotatable bonds is 3. The predicted octanol–water partition coefficient (Wildman–Crippen LogP) is 0.774. The van der Waals surface area contributed by atoms with Gasteiger partial charge in [0.1, 0.15) is 0 Å². The quantitative estimate of drug-likeness (QED) is 0.853. The van der Waals surface area contributed by atoms with Crippen molar-refractivity contribution >= 4 is 20.9 Å². The molecular formula is C12H12F3N3O4S. The number of aromatic amines is 1. The molecule has 0 aliphatic carbocycles. The van der Waals surface area contributed by atoms with Crippen LogP contribution in [0.2, 0.25) is 0 Å². The number of fused-ring (bicyclic) bond motifs is 1. The molecule has 1 aromatic carbocycles. The Bertz CT molecular complexity index is 989. The van der Waals surface area contributed by atoms with Crippen LogP contribution in [-0.2, 0) is 22.6 Å². The molecule has 0 bridgehead atoms. The first-order chi connectivity index (χ1) is 10.4. The molecule has 0 saturated carbocycles. The summed E-state index contributed by atoms with van der Waals surface area (Å²) < 4.78 is 61.6. The summed E-state index contributed by atoms with van der Waals surface area (Å²) in [5.74, 6) is 0. The summed E-state index contributed by atoms with van der Waals surface area (Å²) in [5, 5.41) is -0.231. The third kappa shape index (κ3) is 3.38. The SMILES string of the molecule is CCc1cc2c(=O)n(NS(C)(=O)=O)c(=O)[nH]c2cc1C(F)(F)F. The second kappa shape index (κ2) is 5.41. The predicted molar refractivity (Wildman–Crippen MR) is 77.4 cm³/mol. The Balaban J connectivity index is 2.87. The Morgan fingerprint density at radius 1 is 1.26 bits per heavy atom. The van der Waals surface area contributed by atoms with Crippen molar-refractivity contribution in [3.05, 3.63) is 44.1 Å². The lowest BCUT2D eigenvalue weighted by Crippen LogP contribution is -2.43. The van der Waals surface area contributed by atoms with E-state index in [9.17, 15) is 31.2 Å². The Hall–Kier alpha value is -2.30. The number of nitrogens with one attached hydrogen (secondary N) is 2. The molecule has 1 aromatic heterocycles. The van der Waals surface area contributed by atoms with Crippen molar-refractivity contribution in [3.8, 4) is 0 Å². The van der Waals surface area contributed by atoms with Gasteiger partial charge in [0.05, 0.1) is 22.7 Å². The zero-order valence-corrected chi connectivity index (χ0v) is 12.8. The normalized spacial score (nSPS) is 12.6. The first kappa shape index (κ1) is 17.1. The van der Waals surface area contributed by atoms with Crippen LogP contribution in [-0.4, -0.2) is 24.3 Å². The molecule has 23 heavy (non-hydrogen) atoms. The number of alkyl halides is 3. The van der Waals surface area contributed by atoms with Gasteiger partial charge in [-0.2, -0.15) is 17.8 Å². The van der Waals surface area contributed by atoms with Gasteiger partial charge in [-0.15, -0.1) is 0 Å². The lowest BCUT2D eigenvalue weighted by atomic mass is 10.0. The van der Waals surface area contributed by atoms with Gasteiger partial charge in [0, 0.05) is 0 Å². The van der Waals surface area contributed by atoms with Crippen molar-refractivity contribution in [1.29, 1.82) is 0 Å². The third-order valence-electron chi connectivity index (χ3n) is 3.06. The number of H-pyrrole nitrogens is 1. The minimum absolute atomic E-state index is 0.00283. The highest BCUT2D eigenvalue weighted by Gasteiger charge is 2.33. The minimum Gasteiger partial charge on any atom is -0.305 e. The van der Waals surface area contributed by atoms with Crippen LogP contribution in [0.5, 0.6) is 0 Å². The zero-order valence-electron chi connectivity index (χ0n) is 12.0. The Morgan fingerprint density at radius 2 is 1.87 bits per heavy atom. The number of hydrogen-bond donors (Lipinski definition) is 2. The molecule has 0 aliphatic rings. The van der Waals surface area contributed by atoms with Crippen LogP contribution in [0.15, 0.2) is 21.7 Å². The average molecular weight is 351 g/mol. The molecule has 0 unspecified atom stereocenters.